The molecule has 2 aromatic rings. The van der Waals surface area contributed by atoms with Gasteiger partial charge in [-0.15, -0.1) is 4.40 Å². The van der Waals surface area contributed by atoms with Gasteiger partial charge in [-0.3, -0.25) is 0 Å². The van der Waals surface area contributed by atoms with Gasteiger partial charge in [-0.2, -0.15) is 8.42 Å². The molecule has 122 valence electrons. The molecule has 0 heterocycles. The van der Waals surface area contributed by atoms with Gasteiger partial charge in [0.05, 0.1) is 15.1 Å². The van der Waals surface area contributed by atoms with Gasteiger partial charge in [0.1, 0.15) is 10.7 Å². The molecule has 0 fully saturated rings. The van der Waals surface area contributed by atoms with Crippen LogP contribution in [0.4, 0.5) is 5.69 Å². The molecule has 0 atom stereocenters. The van der Waals surface area contributed by atoms with E-state index in [0.29, 0.717) is 22.2 Å². The average Bonchev–Trinajstić information content (AvgIpc) is 2.50. The van der Waals surface area contributed by atoms with Crippen molar-refractivity contribution in [1.29, 1.82) is 0 Å². The van der Waals surface area contributed by atoms with Gasteiger partial charge in [-0.25, -0.2) is 0 Å². The lowest BCUT2D eigenvalue weighted by Gasteiger charge is -2.10. The third kappa shape index (κ3) is 4.61. The second-order valence-corrected chi connectivity index (χ2v) is 7.35. The number of nitrogens with zero attached hydrogens (tertiary/aromatic N) is 1. The first kappa shape index (κ1) is 18.1. The van der Waals surface area contributed by atoms with E-state index in [1.807, 2.05) is 0 Å². The highest BCUT2D eigenvalue weighted by molar-refractivity contribution is 7.90. The molecule has 8 heteroatoms. The number of anilines is 1. The zero-order chi connectivity index (χ0) is 17.0. The van der Waals surface area contributed by atoms with E-state index in [1.54, 1.807) is 37.3 Å². The standard InChI is InChI=1S/C15H13Cl3N2O2S/c1-2-15(19-10-7-8-11(16)13(18)9-10)20-23(21,22)14-6-4-3-5-12(14)17/h3-9H,2H2,1H3,(H,19,20). The van der Waals surface area contributed by atoms with Gasteiger partial charge in [-0.05, 0) is 30.3 Å². The second kappa shape index (κ2) is 7.53. The molecule has 0 aliphatic carbocycles. The van der Waals surface area contributed by atoms with Gasteiger partial charge in [0.2, 0.25) is 0 Å². The third-order valence-corrected chi connectivity index (χ3v) is 5.44. The van der Waals surface area contributed by atoms with Crippen molar-refractivity contribution in [1.82, 2.24) is 0 Å². The van der Waals surface area contributed by atoms with E-state index in [9.17, 15) is 8.42 Å². The molecule has 0 bridgehead atoms. The lowest BCUT2D eigenvalue weighted by Crippen LogP contribution is -2.14. The Labute approximate surface area is 150 Å². The molecule has 0 unspecified atom stereocenters. The summed E-state index contributed by atoms with van der Waals surface area (Å²) in [5.41, 5.74) is 0.592. The predicted molar refractivity (Wildman–Crippen MR) is 96.4 cm³/mol. The summed E-state index contributed by atoms with van der Waals surface area (Å²) in [4.78, 5) is -0.0384. The zero-order valence-electron chi connectivity index (χ0n) is 12.1. The molecule has 0 aromatic heterocycles. The number of benzene rings is 2. The normalized spacial score (nSPS) is 12.3. The summed E-state index contributed by atoms with van der Waals surface area (Å²) in [6.07, 6.45) is 0.379. The van der Waals surface area contributed by atoms with Crippen LogP contribution in [0.1, 0.15) is 13.3 Å². The molecule has 0 radical (unpaired) electrons. The Kier molecular flexibility index (Phi) is 5.92. The van der Waals surface area contributed by atoms with E-state index in [2.05, 4.69) is 9.71 Å². The van der Waals surface area contributed by atoms with Crippen molar-refractivity contribution in [3.8, 4) is 0 Å². The molecule has 0 saturated heterocycles. The maximum absolute atomic E-state index is 12.4. The highest BCUT2D eigenvalue weighted by Crippen LogP contribution is 2.26. The molecule has 0 amide bonds. The Morgan fingerprint density at radius 2 is 1.74 bits per heavy atom. The monoisotopic (exact) mass is 390 g/mol. The van der Waals surface area contributed by atoms with Gasteiger partial charge in [0, 0.05) is 12.1 Å². The summed E-state index contributed by atoms with van der Waals surface area (Å²) in [7, 11) is -3.91. The summed E-state index contributed by atoms with van der Waals surface area (Å²) < 4.78 is 28.6. The van der Waals surface area contributed by atoms with Gasteiger partial charge < -0.3 is 5.32 Å². The Hall–Kier alpha value is -1.27. The minimum Gasteiger partial charge on any atom is -0.343 e. The Morgan fingerprint density at radius 1 is 1.04 bits per heavy atom. The smallest absolute Gasteiger partial charge is 0.285 e. The molecule has 0 aliphatic rings. The van der Waals surface area contributed by atoms with E-state index in [4.69, 9.17) is 34.8 Å². The fourth-order valence-corrected chi connectivity index (χ4v) is 3.62. The first-order valence-electron chi connectivity index (χ1n) is 6.64. The molecular formula is C15H13Cl3N2O2S. The van der Waals surface area contributed by atoms with Crippen LogP contribution in [-0.2, 0) is 10.0 Å². The van der Waals surface area contributed by atoms with Crippen molar-refractivity contribution in [2.75, 3.05) is 5.32 Å². The second-order valence-electron chi connectivity index (χ2n) is 4.55. The van der Waals surface area contributed by atoms with E-state index >= 15 is 0 Å². The molecule has 0 saturated carbocycles. The summed E-state index contributed by atoms with van der Waals surface area (Å²) in [5.74, 6) is 0.267. The molecule has 1 N–H and O–H groups in total. The van der Waals surface area contributed by atoms with Crippen LogP contribution in [0.3, 0.4) is 0 Å². The van der Waals surface area contributed by atoms with E-state index in [0.717, 1.165) is 0 Å². The Balaban J connectivity index is 2.34. The van der Waals surface area contributed by atoms with Crippen LogP contribution in [0.25, 0.3) is 0 Å². The molecule has 4 nitrogen and oxygen atoms in total. The van der Waals surface area contributed by atoms with Crippen LogP contribution in [0, 0.1) is 0 Å². The van der Waals surface area contributed by atoms with Crippen molar-refractivity contribution in [3.05, 3.63) is 57.5 Å². The van der Waals surface area contributed by atoms with Crippen molar-refractivity contribution in [3.63, 3.8) is 0 Å². The lowest BCUT2D eigenvalue weighted by atomic mass is 10.3. The van der Waals surface area contributed by atoms with Crippen LogP contribution in [-0.4, -0.2) is 14.3 Å². The van der Waals surface area contributed by atoms with Crippen LogP contribution in [0.15, 0.2) is 51.8 Å². The molecule has 2 rings (SSSR count). The largest absolute Gasteiger partial charge is 0.343 e. The van der Waals surface area contributed by atoms with Crippen molar-refractivity contribution in [2.24, 2.45) is 4.40 Å². The fraction of sp³-hybridized carbons (Fsp3) is 0.133. The Morgan fingerprint density at radius 3 is 2.35 bits per heavy atom. The SMILES string of the molecule is CC/C(=N\S(=O)(=O)c1ccccc1Cl)Nc1ccc(Cl)c(Cl)c1. The fourth-order valence-electron chi connectivity index (χ4n) is 1.76. The molecule has 0 spiro atoms. The Bertz CT molecular complexity index is 852. The van der Waals surface area contributed by atoms with Gasteiger partial charge in [0.25, 0.3) is 10.0 Å². The van der Waals surface area contributed by atoms with Gasteiger partial charge in [-0.1, -0.05) is 53.9 Å². The number of amidine groups is 1. The first-order valence-corrected chi connectivity index (χ1v) is 9.21. The predicted octanol–water partition coefficient (Wildman–Crippen LogP) is 5.26. The van der Waals surface area contributed by atoms with E-state index < -0.39 is 10.0 Å². The topological polar surface area (TPSA) is 58.5 Å². The zero-order valence-corrected chi connectivity index (χ0v) is 15.1. The highest BCUT2D eigenvalue weighted by atomic mass is 35.5. The number of hydrogen-bond donors (Lipinski definition) is 1. The van der Waals surface area contributed by atoms with Crippen LogP contribution in [0.2, 0.25) is 15.1 Å². The minimum absolute atomic E-state index is 0.0384. The number of hydrogen-bond acceptors (Lipinski definition) is 2. The van der Waals surface area contributed by atoms with Crippen LogP contribution < -0.4 is 5.32 Å². The summed E-state index contributed by atoms with van der Waals surface area (Å²) in [6.45, 7) is 1.78. The van der Waals surface area contributed by atoms with Crippen molar-refractivity contribution < 1.29 is 8.42 Å². The summed E-state index contributed by atoms with van der Waals surface area (Å²) in [5, 5.41) is 3.83. The minimum atomic E-state index is -3.91. The van der Waals surface area contributed by atoms with Crippen molar-refractivity contribution >= 4 is 56.3 Å². The maximum Gasteiger partial charge on any atom is 0.285 e. The third-order valence-electron chi connectivity index (χ3n) is 2.89. The maximum atomic E-state index is 12.4. The quantitative estimate of drug-likeness (QED) is 0.571. The highest BCUT2D eigenvalue weighted by Gasteiger charge is 2.17. The number of rotatable bonds is 4. The van der Waals surface area contributed by atoms with Crippen LogP contribution in [0.5, 0.6) is 0 Å². The summed E-state index contributed by atoms with van der Waals surface area (Å²) in [6, 6.07) is 11.0. The number of halogens is 3. The van der Waals surface area contributed by atoms with Crippen molar-refractivity contribution in [2.45, 2.75) is 18.2 Å². The van der Waals surface area contributed by atoms with Crippen LogP contribution >= 0.6 is 34.8 Å². The number of nitrogens with one attached hydrogen (secondary N) is 1. The molecule has 23 heavy (non-hydrogen) atoms. The van der Waals surface area contributed by atoms with E-state index in [1.165, 1.54) is 12.1 Å². The lowest BCUT2D eigenvalue weighted by molar-refractivity contribution is 0.598. The first-order chi connectivity index (χ1) is 10.8. The molecule has 0 aliphatic heterocycles. The molecular weight excluding hydrogens is 379 g/mol. The number of sulfonamides is 1. The van der Waals surface area contributed by atoms with E-state index in [-0.39, 0.29) is 15.8 Å². The van der Waals surface area contributed by atoms with Gasteiger partial charge in [0.15, 0.2) is 0 Å². The summed E-state index contributed by atoms with van der Waals surface area (Å²) >= 11 is 17.7. The average molecular weight is 392 g/mol. The molecule has 2 aromatic carbocycles. The van der Waals surface area contributed by atoms with Gasteiger partial charge >= 0.3 is 0 Å².